The molecule has 1 aromatic heterocycles. The van der Waals surface area contributed by atoms with Crippen molar-refractivity contribution in [3.05, 3.63) is 72.0 Å². The Morgan fingerprint density at radius 1 is 1.09 bits per heavy atom. The Kier molecular flexibility index (Phi) is 6.12. The van der Waals surface area contributed by atoms with E-state index >= 15 is 0 Å². The highest BCUT2D eigenvalue weighted by Gasteiger charge is 2.21. The number of allylic oxidation sites excluding steroid dienone is 1. The average Bonchev–Trinajstić information content (AvgIpc) is 3.30. The van der Waals surface area contributed by atoms with Crippen LogP contribution in [0.25, 0.3) is 38.4 Å². The first-order valence-corrected chi connectivity index (χ1v) is 11.8. The molecule has 0 saturated carbocycles. The van der Waals surface area contributed by atoms with Gasteiger partial charge < -0.3 is 18.8 Å². The molecule has 2 heterocycles. The fraction of sp³-hybridized carbons (Fsp3) is 0.276. The van der Waals surface area contributed by atoms with Gasteiger partial charge in [0.15, 0.2) is 0 Å². The Morgan fingerprint density at radius 3 is 2.62 bits per heavy atom. The summed E-state index contributed by atoms with van der Waals surface area (Å²) < 4.78 is 17.5. The number of hydrogen-bond donors (Lipinski definition) is 0. The van der Waals surface area contributed by atoms with Crippen LogP contribution in [0.4, 0.5) is 0 Å². The molecular weight excluding hydrogens is 426 g/mol. The SMILES string of the molecule is CCOc1c(/C(C)=C/C(=O)N2CCOCC2)cc2c(-c3ccc4ccccc4c3)coc2c1C. The number of benzene rings is 3. The van der Waals surface area contributed by atoms with E-state index in [1.165, 1.54) is 10.8 Å². The van der Waals surface area contributed by atoms with Gasteiger partial charge in [0.2, 0.25) is 5.91 Å². The zero-order chi connectivity index (χ0) is 23.7. The van der Waals surface area contributed by atoms with Crippen molar-refractivity contribution in [2.45, 2.75) is 20.8 Å². The van der Waals surface area contributed by atoms with Crippen molar-refractivity contribution < 1.29 is 18.7 Å². The van der Waals surface area contributed by atoms with E-state index in [0.717, 1.165) is 44.5 Å². The normalized spacial score (nSPS) is 14.7. The van der Waals surface area contributed by atoms with Gasteiger partial charge in [0, 0.05) is 41.2 Å². The average molecular weight is 456 g/mol. The summed E-state index contributed by atoms with van der Waals surface area (Å²) in [4.78, 5) is 14.7. The van der Waals surface area contributed by atoms with Gasteiger partial charge in [0.1, 0.15) is 11.3 Å². The van der Waals surface area contributed by atoms with E-state index in [-0.39, 0.29) is 5.91 Å². The number of fused-ring (bicyclic) bond motifs is 2. The molecule has 1 aliphatic rings. The first kappa shape index (κ1) is 22.2. The fourth-order valence-electron chi connectivity index (χ4n) is 4.66. The fourth-order valence-corrected chi connectivity index (χ4v) is 4.66. The Balaban J connectivity index is 1.62. The minimum atomic E-state index is 0.00273. The summed E-state index contributed by atoms with van der Waals surface area (Å²) in [5.41, 5.74) is 5.65. The topological polar surface area (TPSA) is 51.9 Å². The monoisotopic (exact) mass is 455 g/mol. The van der Waals surface area contributed by atoms with Crippen LogP contribution in [0.15, 0.2) is 65.3 Å². The molecule has 5 rings (SSSR count). The van der Waals surface area contributed by atoms with Crippen molar-refractivity contribution >= 4 is 33.2 Å². The summed E-state index contributed by atoms with van der Waals surface area (Å²) in [6.07, 6.45) is 3.53. The Hall–Kier alpha value is -3.57. The summed E-state index contributed by atoms with van der Waals surface area (Å²) in [7, 11) is 0. The van der Waals surface area contributed by atoms with E-state index in [4.69, 9.17) is 13.9 Å². The zero-order valence-corrected chi connectivity index (χ0v) is 19.9. The minimum Gasteiger partial charge on any atom is -0.493 e. The number of morpholine rings is 1. The second kappa shape index (κ2) is 9.35. The second-order valence-electron chi connectivity index (χ2n) is 8.66. The third-order valence-electron chi connectivity index (χ3n) is 6.48. The standard InChI is InChI=1S/C29H29NO4/c1-4-33-28-20(3)29-25(17-24(28)19(2)15-27(31)30-11-13-32-14-12-30)26(18-34-29)23-10-9-21-7-5-6-8-22(21)16-23/h5-10,15-18H,4,11-14H2,1-3H3/b19-15+. The first-order valence-electron chi connectivity index (χ1n) is 11.8. The van der Waals surface area contributed by atoms with Gasteiger partial charge in [0.05, 0.1) is 26.1 Å². The molecule has 5 heteroatoms. The summed E-state index contributed by atoms with van der Waals surface area (Å²) in [5.74, 6) is 0.765. The van der Waals surface area contributed by atoms with E-state index in [1.54, 1.807) is 6.08 Å². The van der Waals surface area contributed by atoms with Crippen molar-refractivity contribution in [2.75, 3.05) is 32.9 Å². The van der Waals surface area contributed by atoms with Crippen LogP contribution in [0.5, 0.6) is 5.75 Å². The van der Waals surface area contributed by atoms with E-state index < -0.39 is 0 Å². The highest BCUT2D eigenvalue weighted by Crippen LogP contribution is 2.41. The Morgan fingerprint density at radius 2 is 1.85 bits per heavy atom. The number of carbonyl (C=O) groups is 1. The van der Waals surface area contributed by atoms with Crippen molar-refractivity contribution in [2.24, 2.45) is 0 Å². The predicted molar refractivity (Wildman–Crippen MR) is 136 cm³/mol. The van der Waals surface area contributed by atoms with Gasteiger partial charge in [-0.1, -0.05) is 36.4 Å². The third kappa shape index (κ3) is 4.08. The number of carbonyl (C=O) groups excluding carboxylic acids is 1. The van der Waals surface area contributed by atoms with E-state index in [1.807, 2.05) is 38.0 Å². The minimum absolute atomic E-state index is 0.00273. The number of ether oxygens (including phenoxy) is 2. The van der Waals surface area contributed by atoms with Crippen LogP contribution in [-0.4, -0.2) is 43.7 Å². The molecule has 1 saturated heterocycles. The molecule has 5 nitrogen and oxygen atoms in total. The summed E-state index contributed by atoms with van der Waals surface area (Å²) in [5, 5.41) is 3.40. The molecule has 0 radical (unpaired) electrons. The molecule has 0 N–H and O–H groups in total. The molecule has 3 aromatic carbocycles. The smallest absolute Gasteiger partial charge is 0.247 e. The lowest BCUT2D eigenvalue weighted by molar-refractivity contribution is -0.129. The Labute approximate surface area is 199 Å². The molecule has 1 amide bonds. The molecule has 0 spiro atoms. The van der Waals surface area contributed by atoms with Crippen molar-refractivity contribution in [3.63, 3.8) is 0 Å². The highest BCUT2D eigenvalue weighted by molar-refractivity contribution is 6.02. The van der Waals surface area contributed by atoms with Crippen LogP contribution in [0.2, 0.25) is 0 Å². The predicted octanol–water partition coefficient (Wildman–Crippen LogP) is 6.22. The number of nitrogens with zero attached hydrogens (tertiary/aromatic N) is 1. The zero-order valence-electron chi connectivity index (χ0n) is 19.9. The molecule has 0 bridgehead atoms. The van der Waals surface area contributed by atoms with Crippen LogP contribution in [0, 0.1) is 6.92 Å². The van der Waals surface area contributed by atoms with Gasteiger partial charge in [0.25, 0.3) is 0 Å². The largest absolute Gasteiger partial charge is 0.493 e. The maximum absolute atomic E-state index is 12.9. The van der Waals surface area contributed by atoms with Gasteiger partial charge in [-0.2, -0.15) is 0 Å². The highest BCUT2D eigenvalue weighted by atomic mass is 16.5. The van der Waals surface area contributed by atoms with Gasteiger partial charge in [-0.15, -0.1) is 0 Å². The summed E-state index contributed by atoms with van der Waals surface area (Å²) in [6, 6.07) is 16.9. The molecule has 0 atom stereocenters. The molecule has 34 heavy (non-hydrogen) atoms. The molecule has 174 valence electrons. The Bertz CT molecular complexity index is 1390. The van der Waals surface area contributed by atoms with Crippen molar-refractivity contribution in [1.82, 2.24) is 4.90 Å². The van der Waals surface area contributed by atoms with E-state index in [0.29, 0.717) is 32.9 Å². The van der Waals surface area contributed by atoms with Gasteiger partial charge in [-0.25, -0.2) is 0 Å². The van der Waals surface area contributed by atoms with E-state index in [9.17, 15) is 4.79 Å². The quantitative estimate of drug-likeness (QED) is 0.335. The summed E-state index contributed by atoms with van der Waals surface area (Å²) in [6.45, 7) is 8.88. The number of furan rings is 1. The van der Waals surface area contributed by atoms with Gasteiger partial charge >= 0.3 is 0 Å². The third-order valence-corrected chi connectivity index (χ3v) is 6.48. The number of rotatable bonds is 5. The van der Waals surface area contributed by atoms with Crippen molar-refractivity contribution in [3.8, 4) is 16.9 Å². The molecule has 1 fully saturated rings. The van der Waals surface area contributed by atoms with E-state index in [2.05, 4.69) is 42.5 Å². The van der Waals surface area contributed by atoms with Crippen LogP contribution in [0.3, 0.4) is 0 Å². The lowest BCUT2D eigenvalue weighted by Crippen LogP contribution is -2.39. The number of hydrogen-bond acceptors (Lipinski definition) is 4. The van der Waals surface area contributed by atoms with Crippen LogP contribution >= 0.6 is 0 Å². The van der Waals surface area contributed by atoms with Crippen LogP contribution in [0.1, 0.15) is 25.0 Å². The lowest BCUT2D eigenvalue weighted by atomic mass is 9.95. The number of aryl methyl sites for hydroxylation is 1. The lowest BCUT2D eigenvalue weighted by Gasteiger charge is -2.26. The van der Waals surface area contributed by atoms with Crippen molar-refractivity contribution in [1.29, 1.82) is 0 Å². The molecule has 1 aliphatic heterocycles. The first-order chi connectivity index (χ1) is 16.6. The van der Waals surface area contributed by atoms with Crippen LogP contribution in [-0.2, 0) is 9.53 Å². The maximum atomic E-state index is 12.9. The van der Waals surface area contributed by atoms with Gasteiger partial charge in [-0.3, -0.25) is 4.79 Å². The second-order valence-corrected chi connectivity index (χ2v) is 8.66. The molecule has 4 aromatic rings. The maximum Gasteiger partial charge on any atom is 0.247 e. The molecule has 0 aliphatic carbocycles. The van der Waals surface area contributed by atoms with Crippen LogP contribution < -0.4 is 4.74 Å². The summed E-state index contributed by atoms with van der Waals surface area (Å²) >= 11 is 0. The number of amides is 1. The van der Waals surface area contributed by atoms with Gasteiger partial charge in [-0.05, 0) is 54.8 Å². The molecular formula is C29H29NO4. The molecule has 0 unspecified atom stereocenters.